The smallest absolute Gasteiger partial charge is 0.228 e. The van der Waals surface area contributed by atoms with Crippen LogP contribution < -0.4 is 0 Å². The number of ether oxygens (including phenoxy) is 1. The molecule has 0 aliphatic carbocycles. The van der Waals surface area contributed by atoms with Gasteiger partial charge >= 0.3 is 0 Å². The van der Waals surface area contributed by atoms with Crippen LogP contribution in [-0.2, 0) is 14.3 Å². The molecule has 14 heavy (non-hydrogen) atoms. The van der Waals surface area contributed by atoms with E-state index in [1.54, 1.807) is 16.7 Å². The first-order chi connectivity index (χ1) is 6.59. The molecule has 0 N–H and O–H groups in total. The van der Waals surface area contributed by atoms with Gasteiger partial charge < -0.3 is 9.64 Å². The average Bonchev–Trinajstić information content (AvgIpc) is 2.41. The van der Waals surface area contributed by atoms with Crippen LogP contribution in [-0.4, -0.2) is 39.5 Å². The minimum absolute atomic E-state index is 0.0809. The van der Waals surface area contributed by atoms with E-state index in [-0.39, 0.29) is 23.3 Å². The van der Waals surface area contributed by atoms with Crippen LogP contribution in [0.3, 0.4) is 0 Å². The molecule has 1 amide bonds. The zero-order valence-electron chi connectivity index (χ0n) is 7.60. The number of ketones is 1. The van der Waals surface area contributed by atoms with Gasteiger partial charge in [0.15, 0.2) is 11.3 Å². The second-order valence-electron chi connectivity index (χ2n) is 3.31. The summed E-state index contributed by atoms with van der Waals surface area (Å²) in [4.78, 5) is 23.7. The topological polar surface area (TPSA) is 46.6 Å². The summed E-state index contributed by atoms with van der Waals surface area (Å²) in [6.07, 6.45) is 0.259. The molecule has 2 aliphatic rings. The number of Topliss-reactive ketones (excluding diaryl/α,β-unsaturated/α-hetero) is 1. The fourth-order valence-corrected chi connectivity index (χ4v) is 2.92. The van der Waals surface area contributed by atoms with E-state index in [4.69, 9.17) is 16.3 Å². The van der Waals surface area contributed by atoms with E-state index in [2.05, 4.69) is 0 Å². The third kappa shape index (κ3) is 1.64. The van der Waals surface area contributed by atoms with Crippen molar-refractivity contribution in [2.45, 2.75) is 30.5 Å². The highest BCUT2D eigenvalue weighted by molar-refractivity contribution is 8.00. The molecule has 3 atom stereocenters. The molecule has 2 aliphatic heterocycles. The number of alkyl halides is 1. The molecule has 0 aromatic rings. The first-order valence-electron chi connectivity index (χ1n) is 4.32. The van der Waals surface area contributed by atoms with E-state index in [0.29, 0.717) is 12.2 Å². The number of β-lactam (4-membered cyclic amide) rings is 1. The van der Waals surface area contributed by atoms with Gasteiger partial charge in [0, 0.05) is 5.75 Å². The Morgan fingerprint density at radius 2 is 2.50 bits per heavy atom. The summed E-state index contributed by atoms with van der Waals surface area (Å²) in [5.41, 5.74) is -0.937. The summed E-state index contributed by atoms with van der Waals surface area (Å²) < 4.78 is 5.28. The number of hydrogen-bond donors (Lipinski definition) is 0. The summed E-state index contributed by atoms with van der Waals surface area (Å²) >= 11 is 7.33. The fourth-order valence-electron chi connectivity index (χ4n) is 1.50. The third-order valence-corrected chi connectivity index (χ3v) is 3.95. The molecule has 4 nitrogen and oxygen atoms in total. The van der Waals surface area contributed by atoms with Gasteiger partial charge in [-0.25, -0.2) is 0 Å². The molecule has 0 aromatic carbocycles. The molecule has 2 unspecified atom stereocenters. The van der Waals surface area contributed by atoms with Crippen molar-refractivity contribution in [3.05, 3.63) is 0 Å². The maximum atomic E-state index is 11.2. The zero-order valence-corrected chi connectivity index (χ0v) is 9.18. The van der Waals surface area contributed by atoms with Gasteiger partial charge in [0.2, 0.25) is 5.91 Å². The van der Waals surface area contributed by atoms with E-state index in [0.717, 1.165) is 0 Å². The lowest BCUT2D eigenvalue weighted by molar-refractivity contribution is -0.161. The van der Waals surface area contributed by atoms with Crippen molar-refractivity contribution < 1.29 is 14.3 Å². The van der Waals surface area contributed by atoms with Crippen molar-refractivity contribution in [3.8, 4) is 0 Å². The number of hydrogen-bond acceptors (Lipinski definition) is 4. The molecule has 2 fully saturated rings. The van der Waals surface area contributed by atoms with Crippen LogP contribution in [0.25, 0.3) is 0 Å². The average molecular weight is 236 g/mol. The van der Waals surface area contributed by atoms with Gasteiger partial charge in [0.25, 0.3) is 0 Å². The first-order valence-corrected chi connectivity index (χ1v) is 5.81. The Kier molecular flexibility index (Phi) is 2.72. The zero-order chi connectivity index (χ0) is 10.3. The Morgan fingerprint density at radius 3 is 3.07 bits per heavy atom. The number of thioether (sulfide) groups is 1. The Hall–Kier alpha value is -0.260. The highest BCUT2D eigenvalue weighted by atomic mass is 35.5. The minimum Gasteiger partial charge on any atom is -0.331 e. The standard InChI is InChI=1S/C8H10ClNO3S/c1-4(11)8(9)13-6-3-14-7-2-5(12)10(6)7/h6-8H,2-3H2,1H3/t6?,7-,8?/m0/s1. The Labute approximate surface area is 90.9 Å². The first kappa shape index (κ1) is 10.3. The van der Waals surface area contributed by atoms with Crippen LogP contribution in [0.1, 0.15) is 13.3 Å². The highest BCUT2D eigenvalue weighted by Crippen LogP contribution is 2.40. The molecule has 0 radical (unpaired) electrons. The number of carbonyl (C=O) groups excluding carboxylic acids is 2. The van der Waals surface area contributed by atoms with Crippen LogP contribution in [0.2, 0.25) is 0 Å². The van der Waals surface area contributed by atoms with Crippen LogP contribution in [0.5, 0.6) is 0 Å². The summed E-state index contributed by atoms with van der Waals surface area (Å²) in [7, 11) is 0. The quantitative estimate of drug-likeness (QED) is 0.536. The van der Waals surface area contributed by atoms with Gasteiger partial charge in [-0.2, -0.15) is 0 Å². The van der Waals surface area contributed by atoms with Gasteiger partial charge in [-0.15, -0.1) is 11.8 Å². The summed E-state index contributed by atoms with van der Waals surface area (Å²) in [6.45, 7) is 1.37. The molecule has 0 saturated carbocycles. The Bertz CT molecular complexity index is 286. The third-order valence-electron chi connectivity index (χ3n) is 2.29. The maximum Gasteiger partial charge on any atom is 0.228 e. The van der Waals surface area contributed by atoms with Gasteiger partial charge in [0.1, 0.15) is 6.23 Å². The Morgan fingerprint density at radius 1 is 1.79 bits per heavy atom. The maximum absolute atomic E-state index is 11.2. The molecular formula is C8H10ClNO3S. The second kappa shape index (κ2) is 3.72. The van der Waals surface area contributed by atoms with Crippen molar-refractivity contribution in [2.75, 3.05) is 5.75 Å². The van der Waals surface area contributed by atoms with Crippen LogP contribution in [0.15, 0.2) is 0 Å². The second-order valence-corrected chi connectivity index (χ2v) is 4.92. The van der Waals surface area contributed by atoms with Crippen LogP contribution in [0, 0.1) is 0 Å². The highest BCUT2D eigenvalue weighted by Gasteiger charge is 2.47. The molecule has 0 aromatic heterocycles. The molecule has 6 heteroatoms. The van der Waals surface area contributed by atoms with Crippen molar-refractivity contribution in [1.29, 1.82) is 0 Å². The molecule has 0 spiro atoms. The van der Waals surface area contributed by atoms with E-state index in [1.807, 2.05) is 0 Å². The van der Waals surface area contributed by atoms with Gasteiger partial charge in [-0.1, -0.05) is 11.6 Å². The SMILES string of the molecule is CC(=O)C(Cl)OC1CS[C@H]2CC(=O)N12. The minimum atomic E-state index is -0.937. The van der Waals surface area contributed by atoms with Gasteiger partial charge in [0.05, 0.1) is 11.8 Å². The molecule has 2 rings (SSSR count). The molecule has 2 heterocycles. The lowest BCUT2D eigenvalue weighted by atomic mass is 10.2. The number of fused-ring (bicyclic) bond motifs is 1. The molecule has 0 bridgehead atoms. The molecular weight excluding hydrogens is 226 g/mol. The number of halogens is 1. The number of carbonyl (C=O) groups is 2. The number of amides is 1. The normalized spacial score (nSPS) is 32.4. The largest absolute Gasteiger partial charge is 0.331 e. The molecule has 2 saturated heterocycles. The fraction of sp³-hybridized carbons (Fsp3) is 0.750. The summed E-state index contributed by atoms with van der Waals surface area (Å²) in [5.74, 6) is 0.554. The van der Waals surface area contributed by atoms with Gasteiger partial charge in [-0.05, 0) is 6.92 Å². The molecule has 78 valence electrons. The van der Waals surface area contributed by atoms with E-state index in [1.165, 1.54) is 6.92 Å². The lowest BCUT2D eigenvalue weighted by Crippen LogP contribution is -2.53. The van der Waals surface area contributed by atoms with Crippen molar-refractivity contribution in [3.63, 3.8) is 0 Å². The Balaban J connectivity index is 1.93. The predicted octanol–water partition coefficient (Wildman–Crippen LogP) is 0.788. The number of rotatable bonds is 3. The van der Waals surface area contributed by atoms with Crippen LogP contribution >= 0.6 is 23.4 Å². The van der Waals surface area contributed by atoms with Crippen LogP contribution in [0.4, 0.5) is 0 Å². The summed E-state index contributed by atoms with van der Waals surface area (Å²) in [5, 5.41) is 0.239. The van der Waals surface area contributed by atoms with E-state index in [9.17, 15) is 9.59 Å². The van der Waals surface area contributed by atoms with Crippen molar-refractivity contribution >= 4 is 35.1 Å². The van der Waals surface area contributed by atoms with Crippen molar-refractivity contribution in [2.24, 2.45) is 0 Å². The summed E-state index contributed by atoms with van der Waals surface area (Å²) in [6, 6.07) is 0. The van der Waals surface area contributed by atoms with Crippen molar-refractivity contribution in [1.82, 2.24) is 4.90 Å². The van der Waals surface area contributed by atoms with E-state index < -0.39 is 5.56 Å². The predicted molar refractivity (Wildman–Crippen MR) is 52.9 cm³/mol. The monoisotopic (exact) mass is 235 g/mol. The van der Waals surface area contributed by atoms with Gasteiger partial charge in [-0.3, -0.25) is 9.59 Å². The van der Waals surface area contributed by atoms with E-state index >= 15 is 0 Å². The number of nitrogens with zero attached hydrogens (tertiary/aromatic N) is 1. The lowest BCUT2D eigenvalue weighted by Gasteiger charge is -2.37.